The van der Waals surface area contributed by atoms with Crippen molar-refractivity contribution in [3.8, 4) is 0 Å². The fourth-order valence-corrected chi connectivity index (χ4v) is 2.69. The van der Waals surface area contributed by atoms with Crippen molar-refractivity contribution in [1.82, 2.24) is 4.67 Å². The minimum absolute atomic E-state index is 0.593. The highest BCUT2D eigenvalue weighted by molar-refractivity contribution is 7.56. The molecule has 0 fully saturated rings. The topological polar surface area (TPSA) is 29.5 Å². The molecule has 3 nitrogen and oxygen atoms in total. The molecule has 0 aromatic heterocycles. The van der Waals surface area contributed by atoms with Crippen LogP contribution in [-0.2, 0) is 9.09 Å². The van der Waals surface area contributed by atoms with E-state index in [-0.39, 0.29) is 0 Å². The summed E-state index contributed by atoms with van der Waals surface area (Å²) in [6.07, 6.45) is 2.47. The third kappa shape index (κ3) is 3.70. The van der Waals surface area contributed by atoms with E-state index in [0.717, 1.165) is 12.8 Å². The molecule has 0 aromatic carbocycles. The van der Waals surface area contributed by atoms with Crippen LogP contribution in [0.2, 0.25) is 0 Å². The Morgan fingerprint density at radius 1 is 1.25 bits per heavy atom. The van der Waals surface area contributed by atoms with Crippen LogP contribution in [0.3, 0.4) is 0 Å². The van der Waals surface area contributed by atoms with Crippen molar-refractivity contribution < 1.29 is 9.09 Å². The van der Waals surface area contributed by atoms with Crippen LogP contribution in [-0.4, -0.2) is 31.5 Å². The molecule has 0 N–H and O–H groups in total. The minimum atomic E-state index is -2.47. The second-order valence-electron chi connectivity index (χ2n) is 3.04. The third-order valence-corrected chi connectivity index (χ3v) is 4.43. The van der Waals surface area contributed by atoms with Gasteiger partial charge in [-0.2, -0.15) is 0 Å². The Hall–Kier alpha value is 0.150. The SMILES string of the molecule is CCCOP(=O)(CCC)N(C)C. The van der Waals surface area contributed by atoms with Crippen LogP contribution in [0.4, 0.5) is 0 Å². The zero-order valence-electron chi connectivity index (χ0n) is 8.54. The highest BCUT2D eigenvalue weighted by Crippen LogP contribution is 2.49. The van der Waals surface area contributed by atoms with Gasteiger partial charge >= 0.3 is 0 Å². The van der Waals surface area contributed by atoms with Crippen LogP contribution in [0.25, 0.3) is 0 Å². The van der Waals surface area contributed by atoms with Gasteiger partial charge in [0.1, 0.15) is 0 Å². The summed E-state index contributed by atoms with van der Waals surface area (Å²) in [5.41, 5.74) is 0. The van der Waals surface area contributed by atoms with Gasteiger partial charge in [-0.3, -0.25) is 4.57 Å². The first-order valence-corrected chi connectivity index (χ1v) is 6.24. The summed E-state index contributed by atoms with van der Waals surface area (Å²) < 4.78 is 19.1. The lowest BCUT2D eigenvalue weighted by molar-refractivity contribution is 0.281. The fraction of sp³-hybridized carbons (Fsp3) is 1.00. The molecule has 0 radical (unpaired) electrons. The molecule has 0 spiro atoms. The van der Waals surface area contributed by atoms with Crippen LogP contribution in [0.15, 0.2) is 0 Å². The van der Waals surface area contributed by atoms with Crippen LogP contribution >= 0.6 is 7.52 Å². The third-order valence-electron chi connectivity index (χ3n) is 1.61. The van der Waals surface area contributed by atoms with Gasteiger partial charge in [0.25, 0.3) is 7.52 Å². The van der Waals surface area contributed by atoms with E-state index < -0.39 is 7.52 Å². The number of hydrogen-bond acceptors (Lipinski definition) is 2. The second-order valence-corrected chi connectivity index (χ2v) is 5.82. The molecule has 0 saturated carbocycles. The molecule has 0 bridgehead atoms. The second kappa shape index (κ2) is 5.74. The van der Waals surface area contributed by atoms with E-state index in [0.29, 0.717) is 12.8 Å². The van der Waals surface area contributed by atoms with E-state index in [1.165, 1.54) is 0 Å². The number of nitrogens with zero attached hydrogens (tertiary/aromatic N) is 1. The normalized spacial score (nSPS) is 16.4. The van der Waals surface area contributed by atoms with Crippen molar-refractivity contribution >= 4 is 7.52 Å². The van der Waals surface area contributed by atoms with Gasteiger partial charge in [0.15, 0.2) is 0 Å². The lowest BCUT2D eigenvalue weighted by atomic mass is 10.5. The molecule has 0 aliphatic heterocycles. The van der Waals surface area contributed by atoms with Crippen LogP contribution < -0.4 is 0 Å². The Bertz CT molecular complexity index is 159. The minimum Gasteiger partial charge on any atom is -0.317 e. The average molecular weight is 193 g/mol. The van der Waals surface area contributed by atoms with E-state index >= 15 is 0 Å². The van der Waals surface area contributed by atoms with E-state index in [2.05, 4.69) is 0 Å². The van der Waals surface area contributed by atoms with E-state index in [9.17, 15) is 4.57 Å². The highest BCUT2D eigenvalue weighted by atomic mass is 31.2. The van der Waals surface area contributed by atoms with Crippen LogP contribution in [0.5, 0.6) is 0 Å². The molecular weight excluding hydrogens is 173 g/mol. The van der Waals surface area contributed by atoms with Crippen molar-refractivity contribution in [3.05, 3.63) is 0 Å². The quantitative estimate of drug-likeness (QED) is 0.607. The molecule has 0 aromatic rings. The van der Waals surface area contributed by atoms with Crippen molar-refractivity contribution in [2.24, 2.45) is 0 Å². The maximum absolute atomic E-state index is 12.0. The van der Waals surface area contributed by atoms with Gasteiger partial charge < -0.3 is 4.52 Å². The molecule has 0 rings (SSSR count). The zero-order valence-corrected chi connectivity index (χ0v) is 9.43. The maximum Gasteiger partial charge on any atom is 0.271 e. The first kappa shape index (κ1) is 12.2. The standard InChI is InChI=1S/C8H20NO2P/c1-5-7-11-12(10,8-6-2)9(3)4/h5-8H2,1-4H3. The van der Waals surface area contributed by atoms with Gasteiger partial charge in [-0.25, -0.2) is 4.67 Å². The molecule has 1 unspecified atom stereocenters. The lowest BCUT2D eigenvalue weighted by Gasteiger charge is -2.23. The fourth-order valence-electron chi connectivity index (χ4n) is 0.897. The molecule has 0 aliphatic rings. The largest absolute Gasteiger partial charge is 0.317 e. The monoisotopic (exact) mass is 193 g/mol. The van der Waals surface area contributed by atoms with E-state index in [1.807, 2.05) is 27.9 Å². The van der Waals surface area contributed by atoms with Crippen molar-refractivity contribution in [2.45, 2.75) is 26.7 Å². The van der Waals surface area contributed by atoms with E-state index in [4.69, 9.17) is 4.52 Å². The molecular formula is C8H20NO2P. The molecule has 4 heteroatoms. The maximum atomic E-state index is 12.0. The van der Waals surface area contributed by atoms with Crippen LogP contribution in [0, 0.1) is 0 Å². The molecule has 0 saturated heterocycles. The number of hydrogen-bond donors (Lipinski definition) is 0. The Morgan fingerprint density at radius 3 is 2.17 bits per heavy atom. The van der Waals surface area contributed by atoms with Crippen molar-refractivity contribution in [1.29, 1.82) is 0 Å². The molecule has 12 heavy (non-hydrogen) atoms. The molecule has 1 atom stereocenters. The van der Waals surface area contributed by atoms with Gasteiger partial charge in [-0.05, 0) is 26.9 Å². The van der Waals surface area contributed by atoms with Crippen LogP contribution in [0.1, 0.15) is 26.7 Å². The predicted molar refractivity (Wildman–Crippen MR) is 52.7 cm³/mol. The summed E-state index contributed by atoms with van der Waals surface area (Å²) in [4.78, 5) is 0. The molecule has 0 aliphatic carbocycles. The predicted octanol–water partition coefficient (Wildman–Crippen LogP) is 2.58. The molecule has 0 amide bonds. The van der Waals surface area contributed by atoms with Crippen molar-refractivity contribution in [3.63, 3.8) is 0 Å². The highest BCUT2D eigenvalue weighted by Gasteiger charge is 2.24. The van der Waals surface area contributed by atoms with Gasteiger partial charge in [-0.15, -0.1) is 0 Å². The molecule has 0 heterocycles. The average Bonchev–Trinajstić information content (AvgIpc) is 2.01. The van der Waals surface area contributed by atoms with E-state index in [1.54, 1.807) is 4.67 Å². The Kier molecular flexibility index (Phi) is 5.81. The first-order valence-electron chi connectivity index (χ1n) is 4.48. The van der Waals surface area contributed by atoms with Gasteiger partial charge in [0.05, 0.1) is 6.61 Å². The van der Waals surface area contributed by atoms with Gasteiger partial charge in [-0.1, -0.05) is 13.8 Å². The Morgan fingerprint density at radius 2 is 1.83 bits per heavy atom. The number of rotatable bonds is 6. The summed E-state index contributed by atoms with van der Waals surface area (Å²) in [6, 6.07) is 0. The summed E-state index contributed by atoms with van der Waals surface area (Å²) >= 11 is 0. The Labute approximate surface area is 75.6 Å². The first-order chi connectivity index (χ1) is 5.56. The smallest absolute Gasteiger partial charge is 0.271 e. The molecule has 74 valence electrons. The van der Waals surface area contributed by atoms with Gasteiger partial charge in [0, 0.05) is 6.16 Å². The van der Waals surface area contributed by atoms with Gasteiger partial charge in [0.2, 0.25) is 0 Å². The van der Waals surface area contributed by atoms with Crippen molar-refractivity contribution in [2.75, 3.05) is 26.9 Å². The Balaban J connectivity index is 4.09. The summed E-state index contributed by atoms with van der Waals surface area (Å²) in [6.45, 7) is 4.63. The zero-order chi connectivity index (χ0) is 9.61. The lowest BCUT2D eigenvalue weighted by Crippen LogP contribution is -2.13. The summed E-state index contributed by atoms with van der Waals surface area (Å²) in [7, 11) is 1.15. The summed E-state index contributed by atoms with van der Waals surface area (Å²) in [5.74, 6) is 0. The summed E-state index contributed by atoms with van der Waals surface area (Å²) in [5, 5.41) is 0.